The van der Waals surface area contributed by atoms with Crippen molar-refractivity contribution < 1.29 is 31.9 Å². The van der Waals surface area contributed by atoms with Crippen LogP contribution in [0.25, 0.3) is 11.3 Å². The van der Waals surface area contributed by atoms with Crippen molar-refractivity contribution in [1.82, 2.24) is 4.72 Å². The SMILES string of the molecule is CC(=O)Oc1c(C(Br)CCN[SH](=O)=O)oc(-c2c(F)cccc2Cl)c1O. The Balaban J connectivity index is 2.49. The van der Waals surface area contributed by atoms with Crippen molar-refractivity contribution in [2.24, 2.45) is 0 Å². The van der Waals surface area contributed by atoms with Crippen molar-refractivity contribution in [3.63, 3.8) is 0 Å². The summed E-state index contributed by atoms with van der Waals surface area (Å²) in [6, 6.07) is 3.93. The largest absolute Gasteiger partial charge is 0.502 e. The number of halogens is 3. The number of thiol groups is 1. The molecule has 0 bridgehead atoms. The predicted octanol–water partition coefficient (Wildman–Crippen LogP) is 3.31. The van der Waals surface area contributed by atoms with Crippen LogP contribution in [0, 0.1) is 5.82 Å². The fraction of sp³-hybridized carbons (Fsp3) is 0.267. The van der Waals surface area contributed by atoms with Gasteiger partial charge in [-0.05, 0) is 18.6 Å². The van der Waals surface area contributed by atoms with Gasteiger partial charge in [0.25, 0.3) is 0 Å². The third kappa shape index (κ3) is 4.76. The summed E-state index contributed by atoms with van der Waals surface area (Å²) in [7, 11) is -2.77. The lowest BCUT2D eigenvalue weighted by atomic mass is 10.1. The fourth-order valence-electron chi connectivity index (χ4n) is 2.17. The number of rotatable bonds is 7. The second-order valence-electron chi connectivity index (χ2n) is 5.08. The van der Waals surface area contributed by atoms with Gasteiger partial charge in [0.2, 0.25) is 22.4 Å². The van der Waals surface area contributed by atoms with Crippen LogP contribution in [0.5, 0.6) is 11.5 Å². The van der Waals surface area contributed by atoms with E-state index in [1.165, 1.54) is 12.1 Å². The van der Waals surface area contributed by atoms with Crippen LogP contribution >= 0.6 is 27.5 Å². The van der Waals surface area contributed by atoms with Crippen molar-refractivity contribution in [3.05, 3.63) is 34.8 Å². The summed E-state index contributed by atoms with van der Waals surface area (Å²) in [6.45, 7) is 1.18. The molecule has 1 aromatic heterocycles. The minimum Gasteiger partial charge on any atom is -0.502 e. The van der Waals surface area contributed by atoms with E-state index in [0.29, 0.717) is 0 Å². The maximum absolute atomic E-state index is 14.2. The number of furan rings is 1. The van der Waals surface area contributed by atoms with E-state index in [4.69, 9.17) is 20.8 Å². The molecule has 142 valence electrons. The molecule has 2 rings (SSSR count). The summed E-state index contributed by atoms with van der Waals surface area (Å²) < 4.78 is 48.0. The maximum Gasteiger partial charge on any atom is 0.308 e. The van der Waals surface area contributed by atoms with Crippen LogP contribution < -0.4 is 9.46 Å². The minimum absolute atomic E-state index is 0.00468. The maximum atomic E-state index is 14.2. The molecule has 0 amide bonds. The van der Waals surface area contributed by atoms with E-state index < -0.39 is 33.3 Å². The average Bonchev–Trinajstić information content (AvgIpc) is 2.84. The zero-order valence-corrected chi connectivity index (χ0v) is 16.5. The van der Waals surface area contributed by atoms with E-state index in [9.17, 15) is 22.7 Å². The van der Waals surface area contributed by atoms with Gasteiger partial charge in [0.15, 0.2) is 11.5 Å². The van der Waals surface area contributed by atoms with E-state index in [1.54, 1.807) is 0 Å². The molecule has 2 aromatic rings. The molecule has 0 aliphatic rings. The van der Waals surface area contributed by atoms with Crippen LogP contribution in [0.4, 0.5) is 4.39 Å². The molecule has 1 heterocycles. The summed E-state index contributed by atoms with van der Waals surface area (Å²) in [5, 5.41) is 10.4. The number of esters is 1. The lowest BCUT2D eigenvalue weighted by Crippen LogP contribution is -2.14. The summed E-state index contributed by atoms with van der Waals surface area (Å²) in [5.41, 5.74) is -0.188. The Kier molecular flexibility index (Phi) is 7.04. The fourth-order valence-corrected chi connectivity index (χ4v) is 3.26. The number of ether oxygens (including phenoxy) is 1. The van der Waals surface area contributed by atoms with Gasteiger partial charge in [-0.2, -0.15) is 0 Å². The number of carbonyl (C=O) groups excluding carboxylic acids is 1. The molecule has 0 aliphatic heterocycles. The Morgan fingerprint density at radius 2 is 2.19 bits per heavy atom. The van der Waals surface area contributed by atoms with E-state index in [2.05, 4.69) is 20.7 Å². The molecule has 0 saturated heterocycles. The zero-order valence-electron chi connectivity index (χ0n) is 13.3. The molecule has 0 saturated carbocycles. The second kappa shape index (κ2) is 8.85. The van der Waals surface area contributed by atoms with Gasteiger partial charge in [-0.3, -0.25) is 4.79 Å². The number of hydrogen-bond acceptors (Lipinski definition) is 6. The Bertz CT molecular complexity index is 872. The normalized spacial score (nSPS) is 12.3. The summed E-state index contributed by atoms with van der Waals surface area (Å²) in [4.78, 5) is 10.7. The molecule has 1 unspecified atom stereocenters. The lowest BCUT2D eigenvalue weighted by molar-refractivity contribution is -0.132. The zero-order chi connectivity index (χ0) is 19.4. The van der Waals surface area contributed by atoms with Gasteiger partial charge in [0.1, 0.15) is 5.82 Å². The van der Waals surface area contributed by atoms with E-state index >= 15 is 0 Å². The van der Waals surface area contributed by atoms with Crippen LogP contribution in [-0.2, 0) is 15.7 Å². The van der Waals surface area contributed by atoms with Gasteiger partial charge >= 0.3 is 5.97 Å². The van der Waals surface area contributed by atoms with E-state index in [0.717, 1.165) is 13.0 Å². The molecular weight excluding hydrogens is 457 g/mol. The highest BCUT2D eigenvalue weighted by Crippen LogP contribution is 2.49. The van der Waals surface area contributed by atoms with Crippen LogP contribution in [0.15, 0.2) is 22.6 Å². The topological polar surface area (TPSA) is 106 Å². The van der Waals surface area contributed by atoms with Gasteiger partial charge in [-0.25, -0.2) is 17.5 Å². The molecule has 2 N–H and O–H groups in total. The predicted molar refractivity (Wildman–Crippen MR) is 96.7 cm³/mol. The molecular formula is C15H14BrClFNO6S. The van der Waals surface area contributed by atoms with Crippen LogP contribution in [0.1, 0.15) is 23.9 Å². The van der Waals surface area contributed by atoms with Crippen LogP contribution in [0.3, 0.4) is 0 Å². The van der Waals surface area contributed by atoms with Gasteiger partial charge < -0.3 is 14.3 Å². The quantitative estimate of drug-likeness (QED) is 0.326. The second-order valence-corrected chi connectivity index (χ2v) is 7.43. The monoisotopic (exact) mass is 469 g/mol. The van der Waals surface area contributed by atoms with E-state index in [1.807, 2.05) is 0 Å². The van der Waals surface area contributed by atoms with Gasteiger partial charge in [0, 0.05) is 13.5 Å². The van der Waals surface area contributed by atoms with Crippen molar-refractivity contribution >= 4 is 44.4 Å². The molecule has 0 radical (unpaired) electrons. The standard InChI is InChI=1S/C15H14BrClFNO6S/c1-7(20)24-15-12(21)14(11-9(17)3-2-4-10(11)18)25-13(15)8(16)5-6-19-26(22)23/h2-4,8,21,26H,5-6H2,1H3,(H,19,22,23). The highest BCUT2D eigenvalue weighted by atomic mass is 79.9. The number of alkyl halides is 1. The molecule has 26 heavy (non-hydrogen) atoms. The molecule has 1 aromatic carbocycles. The molecule has 0 spiro atoms. The summed E-state index contributed by atoms with van der Waals surface area (Å²) in [5.74, 6) is -2.65. The number of carbonyl (C=O) groups is 1. The first-order chi connectivity index (χ1) is 12.2. The van der Waals surface area contributed by atoms with Crippen molar-refractivity contribution in [3.8, 4) is 22.8 Å². The summed E-state index contributed by atoms with van der Waals surface area (Å²) in [6.07, 6.45) is 0.203. The molecule has 0 aliphatic carbocycles. The molecule has 7 nitrogen and oxygen atoms in total. The van der Waals surface area contributed by atoms with Gasteiger partial charge in [-0.15, -0.1) is 0 Å². The number of nitrogens with one attached hydrogen (secondary N) is 1. The highest BCUT2D eigenvalue weighted by molar-refractivity contribution is 9.09. The third-order valence-corrected chi connectivity index (χ3v) is 4.90. The van der Waals surface area contributed by atoms with Crippen LogP contribution in [0.2, 0.25) is 5.02 Å². The molecule has 1 atom stereocenters. The molecule has 0 fully saturated rings. The van der Waals surface area contributed by atoms with Crippen molar-refractivity contribution in [2.75, 3.05) is 6.54 Å². The Morgan fingerprint density at radius 3 is 2.77 bits per heavy atom. The highest BCUT2D eigenvalue weighted by Gasteiger charge is 2.30. The van der Waals surface area contributed by atoms with Crippen molar-refractivity contribution in [1.29, 1.82) is 0 Å². The molecule has 11 heteroatoms. The smallest absolute Gasteiger partial charge is 0.308 e. The average molecular weight is 471 g/mol. The Hall–Kier alpha value is -1.62. The van der Waals surface area contributed by atoms with Crippen LogP contribution in [-0.4, -0.2) is 26.0 Å². The van der Waals surface area contributed by atoms with Gasteiger partial charge in [0.05, 0.1) is 15.4 Å². The number of aromatic hydroxyl groups is 1. The third-order valence-electron chi connectivity index (χ3n) is 3.22. The first-order valence-corrected chi connectivity index (χ1v) is 9.69. The lowest BCUT2D eigenvalue weighted by Gasteiger charge is -2.08. The first-order valence-electron chi connectivity index (χ1n) is 7.22. The van der Waals surface area contributed by atoms with E-state index in [-0.39, 0.29) is 40.8 Å². The van der Waals surface area contributed by atoms with Gasteiger partial charge in [-0.1, -0.05) is 33.6 Å². The van der Waals surface area contributed by atoms with Crippen molar-refractivity contribution in [2.45, 2.75) is 18.2 Å². The number of benzene rings is 1. The minimum atomic E-state index is -2.77. The Morgan fingerprint density at radius 1 is 1.50 bits per heavy atom. The first kappa shape index (κ1) is 20.7. The summed E-state index contributed by atoms with van der Waals surface area (Å²) >= 11 is 9.27. The number of hydrogen-bond donors (Lipinski definition) is 3. The Labute approximate surface area is 163 Å².